The molecule has 4 saturated carbocycles. The number of carbonyl (C=O) groups excluding carboxylic acids is 1. The number of fused-ring (bicyclic) bond motifs is 5. The Hall–Kier alpha value is -0.910. The normalized spacial score (nSPS) is 45.6. The van der Waals surface area contributed by atoms with Crippen LogP contribution in [0, 0.1) is 34.5 Å². The van der Waals surface area contributed by atoms with E-state index in [1.165, 1.54) is 12.8 Å². The van der Waals surface area contributed by atoms with Gasteiger partial charge in [-0.15, -0.1) is 0 Å². The summed E-state index contributed by atoms with van der Waals surface area (Å²) in [5.41, 5.74) is 1.11. The fourth-order valence-electron chi connectivity index (χ4n) is 7.82. The van der Waals surface area contributed by atoms with Crippen LogP contribution in [0.5, 0.6) is 0 Å². The molecule has 164 valence electrons. The average Bonchev–Trinajstić information content (AvgIpc) is 2.98. The lowest BCUT2D eigenvalue weighted by molar-refractivity contribution is -0.135. The van der Waals surface area contributed by atoms with Crippen LogP contribution in [-0.2, 0) is 4.79 Å². The van der Waals surface area contributed by atoms with Crippen molar-refractivity contribution in [2.45, 2.75) is 71.3 Å². The van der Waals surface area contributed by atoms with Crippen LogP contribution in [0.15, 0.2) is 11.8 Å². The number of nitrogens with zero attached hydrogens (tertiary/aromatic N) is 1. The van der Waals surface area contributed by atoms with E-state index in [0.29, 0.717) is 43.2 Å². The topological polar surface area (TPSA) is 81.0 Å². The van der Waals surface area contributed by atoms with E-state index in [1.807, 2.05) is 11.1 Å². The smallest absolute Gasteiger partial charge is 0.160 e. The third-order valence-corrected chi connectivity index (χ3v) is 9.49. The summed E-state index contributed by atoms with van der Waals surface area (Å²) >= 11 is 0. The minimum absolute atomic E-state index is 0.0190. The molecule has 4 aliphatic carbocycles. The van der Waals surface area contributed by atoms with Gasteiger partial charge in [0, 0.05) is 31.3 Å². The molecule has 0 aromatic rings. The predicted octanol–water partition coefficient (Wildman–Crippen LogP) is 2.74. The number of hydrogen-bond donors (Lipinski definition) is 3. The van der Waals surface area contributed by atoms with Gasteiger partial charge in [0.2, 0.25) is 0 Å². The highest BCUT2D eigenvalue weighted by Gasteiger charge is 2.60. The van der Waals surface area contributed by atoms with E-state index < -0.39 is 0 Å². The number of aliphatic hydroxyl groups is 3. The van der Waals surface area contributed by atoms with Gasteiger partial charge in [0.05, 0.1) is 19.3 Å². The van der Waals surface area contributed by atoms with Crippen LogP contribution in [0.3, 0.4) is 0 Å². The molecule has 0 amide bonds. The molecular formula is C24H39NO4. The SMILES string of the molecule is C[C@]12CC(=CN(CCO)CCO)C(=O)CC1CC[C@@H]1[C@@H]2CC[C@]2(C)C(O)CC[C@@H]12. The Balaban J connectivity index is 1.59. The van der Waals surface area contributed by atoms with Gasteiger partial charge in [-0.3, -0.25) is 4.79 Å². The minimum atomic E-state index is -0.145. The third-order valence-electron chi connectivity index (χ3n) is 9.49. The van der Waals surface area contributed by atoms with E-state index in [2.05, 4.69) is 13.8 Å². The van der Waals surface area contributed by atoms with Gasteiger partial charge < -0.3 is 20.2 Å². The van der Waals surface area contributed by atoms with Crippen LogP contribution in [0.25, 0.3) is 0 Å². The standard InChI is InChI=1S/C24H39NO4/c1-23-8-7-20-18(19(23)5-6-22(23)29)4-3-17-13-21(28)16(14-24(17,20)2)15-25(9-11-26)10-12-27/h15,17-20,22,26-27,29H,3-14H2,1-2H3/t17?,18-,19-,20-,22?,23-,24-/m0/s1. The van der Waals surface area contributed by atoms with E-state index in [4.69, 9.17) is 0 Å². The van der Waals surface area contributed by atoms with Crippen molar-refractivity contribution in [2.24, 2.45) is 34.5 Å². The molecule has 7 atom stereocenters. The highest BCUT2D eigenvalue weighted by Crippen LogP contribution is 2.66. The third kappa shape index (κ3) is 3.47. The number of aliphatic hydroxyl groups excluding tert-OH is 3. The number of allylic oxidation sites excluding steroid dienone is 1. The molecule has 0 spiro atoms. The number of rotatable bonds is 5. The van der Waals surface area contributed by atoms with Crippen molar-refractivity contribution in [1.29, 1.82) is 0 Å². The first kappa shape index (κ1) is 21.3. The first-order valence-corrected chi connectivity index (χ1v) is 11.7. The number of ketones is 1. The van der Waals surface area contributed by atoms with Gasteiger partial charge in [0.25, 0.3) is 0 Å². The Labute approximate surface area is 175 Å². The second-order valence-corrected chi connectivity index (χ2v) is 10.7. The molecule has 0 aliphatic heterocycles. The first-order valence-electron chi connectivity index (χ1n) is 11.7. The summed E-state index contributed by atoms with van der Waals surface area (Å²) in [6.07, 6.45) is 9.96. The van der Waals surface area contributed by atoms with Crippen molar-refractivity contribution in [1.82, 2.24) is 4.90 Å². The van der Waals surface area contributed by atoms with Crippen molar-refractivity contribution in [3.8, 4) is 0 Å². The maximum atomic E-state index is 12.9. The van der Waals surface area contributed by atoms with Gasteiger partial charge in [-0.05, 0) is 79.4 Å². The Morgan fingerprint density at radius 2 is 1.69 bits per heavy atom. The Kier molecular flexibility index (Phi) is 5.86. The Morgan fingerprint density at radius 1 is 1.00 bits per heavy atom. The molecule has 0 radical (unpaired) electrons. The summed E-state index contributed by atoms with van der Waals surface area (Å²) in [7, 11) is 0. The summed E-state index contributed by atoms with van der Waals surface area (Å²) in [5, 5.41) is 29.3. The molecule has 4 fully saturated rings. The van der Waals surface area contributed by atoms with Crippen molar-refractivity contribution in [2.75, 3.05) is 26.3 Å². The largest absolute Gasteiger partial charge is 0.395 e. The summed E-state index contributed by atoms with van der Waals surface area (Å²) in [4.78, 5) is 14.8. The highest BCUT2D eigenvalue weighted by molar-refractivity contribution is 5.96. The molecule has 5 heteroatoms. The summed E-state index contributed by atoms with van der Waals surface area (Å²) in [6.45, 7) is 5.67. The second-order valence-electron chi connectivity index (χ2n) is 10.7. The molecule has 0 aromatic carbocycles. The zero-order chi connectivity index (χ0) is 20.8. The van der Waals surface area contributed by atoms with Gasteiger partial charge in [0.1, 0.15) is 0 Å². The summed E-state index contributed by atoms with van der Waals surface area (Å²) in [5.74, 6) is 2.65. The van der Waals surface area contributed by atoms with Crippen molar-refractivity contribution < 1.29 is 20.1 Å². The van der Waals surface area contributed by atoms with E-state index in [-0.39, 0.29) is 35.9 Å². The maximum Gasteiger partial charge on any atom is 0.160 e. The molecule has 0 bridgehead atoms. The van der Waals surface area contributed by atoms with E-state index in [9.17, 15) is 20.1 Å². The van der Waals surface area contributed by atoms with Crippen LogP contribution in [-0.4, -0.2) is 58.4 Å². The molecule has 29 heavy (non-hydrogen) atoms. The number of Topliss-reactive ketones (excluding diaryl/α,β-unsaturated/α-hetero) is 1. The van der Waals surface area contributed by atoms with Gasteiger partial charge in [-0.25, -0.2) is 0 Å². The number of hydrogen-bond acceptors (Lipinski definition) is 5. The van der Waals surface area contributed by atoms with Gasteiger partial charge in [-0.1, -0.05) is 13.8 Å². The summed E-state index contributed by atoms with van der Waals surface area (Å²) < 4.78 is 0. The molecule has 5 nitrogen and oxygen atoms in total. The second kappa shape index (κ2) is 7.97. The molecular weight excluding hydrogens is 366 g/mol. The lowest BCUT2D eigenvalue weighted by Gasteiger charge is -2.60. The van der Waals surface area contributed by atoms with Crippen LogP contribution >= 0.6 is 0 Å². The van der Waals surface area contributed by atoms with Crippen molar-refractivity contribution >= 4 is 5.78 Å². The molecule has 4 rings (SSSR count). The minimum Gasteiger partial charge on any atom is -0.395 e. The zero-order valence-electron chi connectivity index (χ0n) is 18.1. The van der Waals surface area contributed by atoms with Gasteiger partial charge in [-0.2, -0.15) is 0 Å². The molecule has 0 heterocycles. The Bertz CT molecular complexity index is 657. The van der Waals surface area contributed by atoms with Gasteiger partial charge >= 0.3 is 0 Å². The molecule has 0 saturated heterocycles. The fraction of sp³-hybridized carbons (Fsp3) is 0.875. The van der Waals surface area contributed by atoms with Crippen LogP contribution < -0.4 is 0 Å². The molecule has 3 N–H and O–H groups in total. The highest BCUT2D eigenvalue weighted by atomic mass is 16.3. The zero-order valence-corrected chi connectivity index (χ0v) is 18.1. The van der Waals surface area contributed by atoms with Crippen LogP contribution in [0.4, 0.5) is 0 Å². The van der Waals surface area contributed by atoms with E-state index in [1.54, 1.807) is 0 Å². The first-order chi connectivity index (χ1) is 13.8. The fourth-order valence-corrected chi connectivity index (χ4v) is 7.82. The molecule has 0 aromatic heterocycles. The maximum absolute atomic E-state index is 12.9. The molecule has 4 aliphatic rings. The van der Waals surface area contributed by atoms with Crippen LogP contribution in [0.2, 0.25) is 0 Å². The van der Waals surface area contributed by atoms with E-state index in [0.717, 1.165) is 37.7 Å². The predicted molar refractivity (Wildman–Crippen MR) is 112 cm³/mol. The van der Waals surface area contributed by atoms with E-state index >= 15 is 0 Å². The monoisotopic (exact) mass is 405 g/mol. The lowest BCUT2D eigenvalue weighted by atomic mass is 9.45. The lowest BCUT2D eigenvalue weighted by Crippen LogP contribution is -2.54. The van der Waals surface area contributed by atoms with Gasteiger partial charge in [0.15, 0.2) is 5.78 Å². The Morgan fingerprint density at radius 3 is 2.38 bits per heavy atom. The quantitative estimate of drug-likeness (QED) is 0.613. The average molecular weight is 406 g/mol. The van der Waals surface area contributed by atoms with Crippen molar-refractivity contribution in [3.63, 3.8) is 0 Å². The number of carbonyl (C=O) groups is 1. The van der Waals surface area contributed by atoms with Crippen LogP contribution in [0.1, 0.15) is 65.2 Å². The van der Waals surface area contributed by atoms with Crippen molar-refractivity contribution in [3.05, 3.63) is 11.8 Å². The molecule has 2 unspecified atom stereocenters. The summed E-state index contributed by atoms with van der Waals surface area (Å²) in [6, 6.07) is 0.